The Morgan fingerprint density at radius 2 is 2.18 bits per heavy atom. The second kappa shape index (κ2) is 8.09. The van der Waals surface area contributed by atoms with Crippen molar-refractivity contribution in [1.82, 2.24) is 5.32 Å². The number of benzene rings is 1. The summed E-state index contributed by atoms with van der Waals surface area (Å²) in [5.74, 6) is 0.949. The summed E-state index contributed by atoms with van der Waals surface area (Å²) in [4.78, 5) is 0. The number of aryl methyl sites for hydroxylation is 1. The standard InChI is InChI=1S/C14H23NO2/c1-4-13-6-5-7-14(10-13)17-12(2)11-15-8-9-16-3/h5-7,10,12,15H,4,8-9,11H2,1-3H3. The van der Waals surface area contributed by atoms with E-state index >= 15 is 0 Å². The molecule has 0 heterocycles. The third-order valence-electron chi connectivity index (χ3n) is 2.56. The van der Waals surface area contributed by atoms with Gasteiger partial charge in [-0.05, 0) is 31.0 Å². The fourth-order valence-electron chi connectivity index (χ4n) is 1.59. The summed E-state index contributed by atoms with van der Waals surface area (Å²) in [5, 5.41) is 3.28. The Morgan fingerprint density at radius 3 is 2.88 bits per heavy atom. The molecule has 17 heavy (non-hydrogen) atoms. The highest BCUT2D eigenvalue weighted by atomic mass is 16.5. The van der Waals surface area contributed by atoms with E-state index in [9.17, 15) is 0 Å². The molecular formula is C14H23NO2. The molecule has 3 nitrogen and oxygen atoms in total. The van der Waals surface area contributed by atoms with Gasteiger partial charge >= 0.3 is 0 Å². The maximum atomic E-state index is 5.83. The average Bonchev–Trinajstić information content (AvgIpc) is 2.35. The first-order chi connectivity index (χ1) is 8.26. The first kappa shape index (κ1) is 14.0. The van der Waals surface area contributed by atoms with E-state index in [0.717, 1.165) is 31.9 Å². The van der Waals surface area contributed by atoms with Crippen molar-refractivity contribution in [2.24, 2.45) is 0 Å². The topological polar surface area (TPSA) is 30.5 Å². The van der Waals surface area contributed by atoms with Crippen LogP contribution in [0.4, 0.5) is 0 Å². The van der Waals surface area contributed by atoms with Gasteiger partial charge in [-0.15, -0.1) is 0 Å². The lowest BCUT2D eigenvalue weighted by Gasteiger charge is -2.15. The van der Waals surface area contributed by atoms with Crippen LogP contribution in [0.3, 0.4) is 0 Å². The Morgan fingerprint density at radius 1 is 1.35 bits per heavy atom. The molecule has 0 saturated heterocycles. The van der Waals surface area contributed by atoms with Gasteiger partial charge in [0.2, 0.25) is 0 Å². The highest BCUT2D eigenvalue weighted by molar-refractivity contribution is 5.28. The first-order valence-electron chi connectivity index (χ1n) is 6.21. The lowest BCUT2D eigenvalue weighted by molar-refractivity contribution is 0.184. The van der Waals surface area contributed by atoms with Crippen molar-refractivity contribution in [3.63, 3.8) is 0 Å². The van der Waals surface area contributed by atoms with Crippen LogP contribution in [0.25, 0.3) is 0 Å². The van der Waals surface area contributed by atoms with E-state index < -0.39 is 0 Å². The number of ether oxygens (including phenoxy) is 2. The van der Waals surface area contributed by atoms with E-state index in [1.54, 1.807) is 7.11 Å². The molecule has 1 unspecified atom stereocenters. The number of hydrogen-bond donors (Lipinski definition) is 1. The van der Waals surface area contributed by atoms with Gasteiger partial charge in [-0.25, -0.2) is 0 Å². The molecule has 1 aromatic carbocycles. The van der Waals surface area contributed by atoms with Crippen LogP contribution in [0.1, 0.15) is 19.4 Å². The predicted molar refractivity (Wildman–Crippen MR) is 70.7 cm³/mol. The van der Waals surface area contributed by atoms with Crippen LogP contribution in [-0.4, -0.2) is 32.9 Å². The van der Waals surface area contributed by atoms with Crippen LogP contribution >= 0.6 is 0 Å². The molecule has 0 fully saturated rings. The van der Waals surface area contributed by atoms with Gasteiger partial charge in [-0.2, -0.15) is 0 Å². The summed E-state index contributed by atoms with van der Waals surface area (Å²) in [7, 11) is 1.71. The van der Waals surface area contributed by atoms with Crippen molar-refractivity contribution in [3.8, 4) is 5.75 Å². The van der Waals surface area contributed by atoms with Gasteiger partial charge in [-0.3, -0.25) is 0 Å². The molecule has 0 bridgehead atoms. The number of hydrogen-bond acceptors (Lipinski definition) is 3. The molecule has 0 aliphatic heterocycles. The zero-order valence-electron chi connectivity index (χ0n) is 11.0. The largest absolute Gasteiger partial charge is 0.489 e. The van der Waals surface area contributed by atoms with Crippen molar-refractivity contribution in [1.29, 1.82) is 0 Å². The Kier molecular flexibility index (Phi) is 6.67. The molecule has 0 aliphatic rings. The van der Waals surface area contributed by atoms with Gasteiger partial charge in [0.1, 0.15) is 11.9 Å². The molecule has 0 aromatic heterocycles. The molecule has 1 aromatic rings. The number of rotatable bonds is 8. The minimum atomic E-state index is 0.166. The van der Waals surface area contributed by atoms with E-state index in [1.807, 2.05) is 12.1 Å². The van der Waals surface area contributed by atoms with Gasteiger partial charge in [0, 0.05) is 20.2 Å². The van der Waals surface area contributed by atoms with Gasteiger partial charge < -0.3 is 14.8 Å². The molecule has 0 aliphatic carbocycles. The Labute approximate surface area is 104 Å². The maximum Gasteiger partial charge on any atom is 0.120 e. The zero-order chi connectivity index (χ0) is 12.5. The highest BCUT2D eigenvalue weighted by Gasteiger charge is 2.03. The highest BCUT2D eigenvalue weighted by Crippen LogP contribution is 2.14. The summed E-state index contributed by atoms with van der Waals surface area (Å²) >= 11 is 0. The lowest BCUT2D eigenvalue weighted by atomic mass is 10.2. The molecule has 0 spiro atoms. The van der Waals surface area contributed by atoms with Crippen molar-refractivity contribution in [2.45, 2.75) is 26.4 Å². The molecular weight excluding hydrogens is 214 g/mol. The fraction of sp³-hybridized carbons (Fsp3) is 0.571. The Hall–Kier alpha value is -1.06. The minimum Gasteiger partial charge on any atom is -0.489 e. The summed E-state index contributed by atoms with van der Waals surface area (Å²) in [5.41, 5.74) is 1.31. The molecule has 96 valence electrons. The summed E-state index contributed by atoms with van der Waals surface area (Å²) < 4.78 is 10.8. The van der Waals surface area contributed by atoms with Crippen molar-refractivity contribution < 1.29 is 9.47 Å². The van der Waals surface area contributed by atoms with Gasteiger partial charge in [-0.1, -0.05) is 19.1 Å². The van der Waals surface area contributed by atoms with E-state index in [2.05, 4.69) is 31.3 Å². The second-order valence-corrected chi connectivity index (χ2v) is 4.13. The van der Waals surface area contributed by atoms with Crippen molar-refractivity contribution >= 4 is 0 Å². The van der Waals surface area contributed by atoms with Crippen LogP contribution in [0, 0.1) is 0 Å². The van der Waals surface area contributed by atoms with Crippen LogP contribution in [0.15, 0.2) is 24.3 Å². The van der Waals surface area contributed by atoms with Gasteiger partial charge in [0.05, 0.1) is 6.61 Å². The third-order valence-corrected chi connectivity index (χ3v) is 2.56. The average molecular weight is 237 g/mol. The predicted octanol–water partition coefficient (Wildman–Crippen LogP) is 2.25. The monoisotopic (exact) mass is 237 g/mol. The van der Waals surface area contributed by atoms with Crippen LogP contribution in [0.2, 0.25) is 0 Å². The van der Waals surface area contributed by atoms with E-state index in [4.69, 9.17) is 9.47 Å². The van der Waals surface area contributed by atoms with E-state index in [1.165, 1.54) is 5.56 Å². The normalized spacial score (nSPS) is 12.4. The van der Waals surface area contributed by atoms with Crippen LogP contribution in [-0.2, 0) is 11.2 Å². The fourth-order valence-corrected chi connectivity index (χ4v) is 1.59. The molecule has 0 radical (unpaired) electrons. The van der Waals surface area contributed by atoms with Crippen molar-refractivity contribution in [2.75, 3.05) is 26.8 Å². The third kappa shape index (κ3) is 5.71. The molecule has 0 saturated carbocycles. The van der Waals surface area contributed by atoms with Gasteiger partial charge in [0.25, 0.3) is 0 Å². The minimum absolute atomic E-state index is 0.166. The van der Waals surface area contributed by atoms with Crippen LogP contribution in [0.5, 0.6) is 5.75 Å². The molecule has 0 amide bonds. The summed E-state index contributed by atoms with van der Waals surface area (Å²) in [6.45, 7) is 6.64. The van der Waals surface area contributed by atoms with E-state index in [0.29, 0.717) is 0 Å². The van der Waals surface area contributed by atoms with E-state index in [-0.39, 0.29) is 6.10 Å². The first-order valence-corrected chi connectivity index (χ1v) is 6.21. The number of nitrogens with one attached hydrogen (secondary N) is 1. The number of methoxy groups -OCH3 is 1. The maximum absolute atomic E-state index is 5.83. The Bertz CT molecular complexity index is 315. The molecule has 1 rings (SSSR count). The molecule has 1 atom stereocenters. The quantitative estimate of drug-likeness (QED) is 0.703. The van der Waals surface area contributed by atoms with Crippen molar-refractivity contribution in [3.05, 3.63) is 29.8 Å². The van der Waals surface area contributed by atoms with Crippen LogP contribution < -0.4 is 10.1 Å². The smallest absolute Gasteiger partial charge is 0.120 e. The Balaban J connectivity index is 2.31. The molecule has 3 heteroatoms. The summed E-state index contributed by atoms with van der Waals surface area (Å²) in [6, 6.07) is 8.27. The second-order valence-electron chi connectivity index (χ2n) is 4.13. The zero-order valence-corrected chi connectivity index (χ0v) is 11.0. The lowest BCUT2D eigenvalue weighted by Crippen LogP contribution is -2.31. The molecule has 1 N–H and O–H groups in total. The van der Waals surface area contributed by atoms with Gasteiger partial charge in [0.15, 0.2) is 0 Å². The SMILES string of the molecule is CCc1cccc(OC(C)CNCCOC)c1. The summed E-state index contributed by atoms with van der Waals surface area (Å²) in [6.07, 6.45) is 1.21.